The Morgan fingerprint density at radius 2 is 2.11 bits per heavy atom. The molecule has 0 aromatic carbocycles. The summed E-state index contributed by atoms with van der Waals surface area (Å²) in [7, 11) is 0. The van der Waals surface area contributed by atoms with Gasteiger partial charge in [0.05, 0.1) is 0 Å². The second kappa shape index (κ2) is 8.82. The largest absolute Gasteiger partial charge is 0.390 e. The molecule has 1 aliphatic rings. The van der Waals surface area contributed by atoms with Crippen LogP contribution in [0.25, 0.3) is 0 Å². The van der Waals surface area contributed by atoms with Gasteiger partial charge in [0.1, 0.15) is 11.6 Å². The summed E-state index contributed by atoms with van der Waals surface area (Å²) in [4.78, 5) is 11.8. The zero-order chi connectivity index (χ0) is 13.2. The highest BCUT2D eigenvalue weighted by molar-refractivity contribution is 6.17. The lowest BCUT2D eigenvalue weighted by Gasteiger charge is -2.22. The predicted molar refractivity (Wildman–Crippen MR) is 72.1 cm³/mol. The number of nitriles is 1. The van der Waals surface area contributed by atoms with Crippen molar-refractivity contribution in [3.63, 3.8) is 0 Å². The molecule has 0 unspecified atom stereocenters. The zero-order valence-electron chi connectivity index (χ0n) is 10.5. The Bertz CT molecular complexity index is 330. The summed E-state index contributed by atoms with van der Waals surface area (Å²) >= 11 is 5.54. The summed E-state index contributed by atoms with van der Waals surface area (Å²) in [5.74, 6) is 0.291. The number of halogens is 1. The van der Waals surface area contributed by atoms with Crippen LogP contribution in [0.3, 0.4) is 0 Å². The van der Waals surface area contributed by atoms with E-state index in [0.29, 0.717) is 12.4 Å². The molecule has 1 fully saturated rings. The minimum atomic E-state index is -0.275. The van der Waals surface area contributed by atoms with Gasteiger partial charge < -0.3 is 10.6 Å². The van der Waals surface area contributed by atoms with Crippen molar-refractivity contribution in [3.8, 4) is 6.07 Å². The minimum Gasteiger partial charge on any atom is -0.390 e. The SMILES string of the molecule is N#C/C(=C/NCCCCl)C(=O)NC1CCCCC1. The van der Waals surface area contributed by atoms with Gasteiger partial charge >= 0.3 is 0 Å². The Hall–Kier alpha value is -1.21. The van der Waals surface area contributed by atoms with Crippen molar-refractivity contribution < 1.29 is 4.79 Å². The minimum absolute atomic E-state index is 0.134. The lowest BCUT2D eigenvalue weighted by atomic mass is 9.95. The topological polar surface area (TPSA) is 64.9 Å². The summed E-state index contributed by atoms with van der Waals surface area (Å²) < 4.78 is 0. The molecule has 2 N–H and O–H groups in total. The van der Waals surface area contributed by atoms with E-state index in [4.69, 9.17) is 16.9 Å². The van der Waals surface area contributed by atoms with E-state index >= 15 is 0 Å². The maximum atomic E-state index is 11.8. The van der Waals surface area contributed by atoms with E-state index in [0.717, 1.165) is 32.1 Å². The zero-order valence-corrected chi connectivity index (χ0v) is 11.3. The maximum absolute atomic E-state index is 11.8. The lowest BCUT2D eigenvalue weighted by molar-refractivity contribution is -0.118. The number of carbonyl (C=O) groups is 1. The van der Waals surface area contributed by atoms with Gasteiger partial charge in [0.25, 0.3) is 5.91 Å². The third kappa shape index (κ3) is 5.42. The van der Waals surface area contributed by atoms with E-state index in [2.05, 4.69) is 10.6 Å². The monoisotopic (exact) mass is 269 g/mol. The van der Waals surface area contributed by atoms with Crippen LogP contribution in [0.15, 0.2) is 11.8 Å². The molecule has 1 rings (SSSR count). The average Bonchev–Trinajstić information content (AvgIpc) is 2.40. The van der Waals surface area contributed by atoms with Crippen molar-refractivity contribution in [2.75, 3.05) is 12.4 Å². The summed E-state index contributed by atoms with van der Waals surface area (Å²) in [5.41, 5.74) is 0.134. The van der Waals surface area contributed by atoms with Crippen LogP contribution in [0, 0.1) is 11.3 Å². The molecule has 0 bridgehead atoms. The van der Waals surface area contributed by atoms with Gasteiger partial charge in [-0.3, -0.25) is 4.79 Å². The number of hydrogen-bond donors (Lipinski definition) is 2. The number of amides is 1. The number of nitrogens with zero attached hydrogens (tertiary/aromatic N) is 1. The van der Waals surface area contributed by atoms with Crippen molar-refractivity contribution >= 4 is 17.5 Å². The molecule has 100 valence electrons. The normalized spacial score (nSPS) is 17.0. The Balaban J connectivity index is 2.38. The van der Waals surface area contributed by atoms with Gasteiger partial charge in [-0.2, -0.15) is 5.26 Å². The molecule has 1 aliphatic carbocycles. The first-order valence-electron chi connectivity index (χ1n) is 6.48. The van der Waals surface area contributed by atoms with E-state index in [1.54, 1.807) is 0 Å². The highest BCUT2D eigenvalue weighted by atomic mass is 35.5. The summed E-state index contributed by atoms with van der Waals surface area (Å²) in [6, 6.07) is 2.15. The molecule has 4 nitrogen and oxygen atoms in total. The Labute approximate surface area is 113 Å². The standard InChI is InChI=1S/C13H20ClN3O/c14-7-4-8-16-10-11(9-15)13(18)17-12-5-2-1-3-6-12/h10,12,16H,1-8H2,(H,17,18)/b11-10-. The van der Waals surface area contributed by atoms with Gasteiger partial charge in [-0.15, -0.1) is 11.6 Å². The molecule has 18 heavy (non-hydrogen) atoms. The van der Waals surface area contributed by atoms with Crippen LogP contribution < -0.4 is 10.6 Å². The fourth-order valence-electron chi connectivity index (χ4n) is 2.00. The van der Waals surface area contributed by atoms with Crippen molar-refractivity contribution in [2.45, 2.75) is 44.6 Å². The molecular formula is C13H20ClN3O. The third-order valence-electron chi connectivity index (χ3n) is 3.01. The van der Waals surface area contributed by atoms with E-state index < -0.39 is 0 Å². The van der Waals surface area contributed by atoms with E-state index in [-0.39, 0.29) is 17.5 Å². The Morgan fingerprint density at radius 1 is 1.39 bits per heavy atom. The summed E-state index contributed by atoms with van der Waals surface area (Å²) in [6.45, 7) is 0.672. The maximum Gasteiger partial charge on any atom is 0.263 e. The van der Waals surface area contributed by atoms with Crippen molar-refractivity contribution in [2.24, 2.45) is 0 Å². The Morgan fingerprint density at radius 3 is 2.72 bits per heavy atom. The molecule has 0 atom stereocenters. The number of rotatable bonds is 6. The lowest BCUT2D eigenvalue weighted by Crippen LogP contribution is -2.37. The average molecular weight is 270 g/mol. The molecule has 1 saturated carbocycles. The first-order chi connectivity index (χ1) is 8.77. The van der Waals surface area contributed by atoms with Gasteiger partial charge in [0, 0.05) is 24.7 Å². The molecule has 0 heterocycles. The second-order valence-corrected chi connectivity index (χ2v) is 4.85. The molecule has 1 amide bonds. The van der Waals surface area contributed by atoms with Gasteiger partial charge in [-0.25, -0.2) is 0 Å². The smallest absolute Gasteiger partial charge is 0.263 e. The van der Waals surface area contributed by atoms with Crippen LogP contribution in [0.2, 0.25) is 0 Å². The van der Waals surface area contributed by atoms with Crippen molar-refractivity contribution in [1.82, 2.24) is 10.6 Å². The van der Waals surface area contributed by atoms with Crippen molar-refractivity contribution in [3.05, 3.63) is 11.8 Å². The molecule has 5 heteroatoms. The van der Waals surface area contributed by atoms with Crippen molar-refractivity contribution in [1.29, 1.82) is 5.26 Å². The van der Waals surface area contributed by atoms with Gasteiger partial charge in [-0.05, 0) is 19.3 Å². The summed E-state index contributed by atoms with van der Waals surface area (Å²) in [5, 5.41) is 14.8. The number of hydrogen-bond acceptors (Lipinski definition) is 3. The fraction of sp³-hybridized carbons (Fsp3) is 0.692. The van der Waals surface area contributed by atoms with E-state index in [9.17, 15) is 4.79 Å². The molecule has 0 aliphatic heterocycles. The predicted octanol–water partition coefficient (Wildman–Crippen LogP) is 2.06. The first-order valence-corrected chi connectivity index (χ1v) is 7.02. The van der Waals surface area contributed by atoms with Crippen LogP contribution in [0.5, 0.6) is 0 Å². The van der Waals surface area contributed by atoms with Crippen LogP contribution in [0.4, 0.5) is 0 Å². The van der Waals surface area contributed by atoms with E-state index in [1.165, 1.54) is 12.6 Å². The molecule has 0 radical (unpaired) electrons. The summed E-state index contributed by atoms with van der Waals surface area (Å²) in [6.07, 6.45) is 7.88. The molecule has 0 aromatic rings. The van der Waals surface area contributed by atoms with Crippen LogP contribution in [-0.4, -0.2) is 24.4 Å². The molecular weight excluding hydrogens is 250 g/mol. The van der Waals surface area contributed by atoms with Gasteiger partial charge in [0.2, 0.25) is 0 Å². The van der Waals surface area contributed by atoms with Gasteiger partial charge in [-0.1, -0.05) is 19.3 Å². The van der Waals surface area contributed by atoms with Crippen LogP contribution in [0.1, 0.15) is 38.5 Å². The third-order valence-corrected chi connectivity index (χ3v) is 3.27. The van der Waals surface area contributed by atoms with E-state index in [1.807, 2.05) is 6.07 Å². The van der Waals surface area contributed by atoms with Gasteiger partial charge in [0.15, 0.2) is 0 Å². The number of alkyl halides is 1. The second-order valence-electron chi connectivity index (χ2n) is 4.47. The molecule has 0 spiro atoms. The fourth-order valence-corrected chi connectivity index (χ4v) is 2.14. The van der Waals surface area contributed by atoms with Crippen LogP contribution in [-0.2, 0) is 4.79 Å². The number of carbonyl (C=O) groups excluding carboxylic acids is 1. The molecule has 0 saturated heterocycles. The number of nitrogens with one attached hydrogen (secondary N) is 2. The highest BCUT2D eigenvalue weighted by Crippen LogP contribution is 2.17. The quantitative estimate of drug-likeness (QED) is 0.336. The Kier molecular flexibility index (Phi) is 7.28. The van der Waals surface area contributed by atoms with Crippen LogP contribution >= 0.6 is 11.6 Å². The highest BCUT2D eigenvalue weighted by Gasteiger charge is 2.17. The first kappa shape index (κ1) is 14.8. The molecule has 0 aromatic heterocycles.